The lowest BCUT2D eigenvalue weighted by molar-refractivity contribution is -0.137. The highest BCUT2D eigenvalue weighted by atomic mass is 16.6. The van der Waals surface area contributed by atoms with Crippen molar-refractivity contribution in [1.29, 1.82) is 0 Å². The van der Waals surface area contributed by atoms with Crippen molar-refractivity contribution in [2.75, 3.05) is 0 Å². The third-order valence-corrected chi connectivity index (χ3v) is 2.71. The van der Waals surface area contributed by atoms with E-state index in [2.05, 4.69) is 4.74 Å². The van der Waals surface area contributed by atoms with Crippen LogP contribution in [0.15, 0.2) is 54.6 Å². The van der Waals surface area contributed by atoms with Gasteiger partial charge in [-0.05, 0) is 11.6 Å². The number of hydrogen-bond donors (Lipinski definition) is 0. The van der Waals surface area contributed by atoms with Crippen molar-refractivity contribution in [1.82, 2.24) is 0 Å². The van der Waals surface area contributed by atoms with E-state index in [1.54, 1.807) is 36.4 Å². The van der Waals surface area contributed by atoms with Crippen LogP contribution in [0, 0.1) is 0 Å². The van der Waals surface area contributed by atoms with Crippen molar-refractivity contribution < 1.29 is 19.1 Å². The molecular weight excluding hydrogens is 316 g/mol. The van der Waals surface area contributed by atoms with Crippen LogP contribution < -0.4 is 0 Å². The molecule has 0 N–H and O–H groups in total. The second-order valence-electron chi connectivity index (χ2n) is 4.12. The number of cyclic esters (lactones) is 2. The van der Waals surface area contributed by atoms with E-state index in [-0.39, 0.29) is 43.6 Å². The van der Waals surface area contributed by atoms with Crippen LogP contribution in [0.5, 0.6) is 0 Å². The third-order valence-electron chi connectivity index (χ3n) is 2.71. The number of carbonyl (C=O) groups excluding carboxylic acids is 3. The summed E-state index contributed by atoms with van der Waals surface area (Å²) in [4.78, 5) is 31.9. The summed E-state index contributed by atoms with van der Waals surface area (Å²) in [5, 5.41) is 0. The Morgan fingerprint density at radius 3 is 1.80 bits per heavy atom. The second kappa shape index (κ2) is 14.8. The first-order chi connectivity index (χ1) is 9.70. The summed E-state index contributed by atoms with van der Waals surface area (Å²) >= 11 is 0. The zero-order valence-electron chi connectivity index (χ0n) is 10.6. The molecule has 0 amide bonds. The maximum Gasteiger partial charge on any atom is 0.346 e. The number of ether oxygens (including phenoxy) is 1. The Morgan fingerprint density at radius 2 is 1.28 bits per heavy atom. The van der Waals surface area contributed by atoms with Crippen molar-refractivity contribution in [2.24, 2.45) is 0 Å². The van der Waals surface area contributed by atoms with E-state index in [1.165, 1.54) is 0 Å². The summed E-state index contributed by atoms with van der Waals surface area (Å²) in [5.41, 5.74) is 1.98. The predicted molar refractivity (Wildman–Crippen MR) is 106 cm³/mol. The van der Waals surface area contributed by atoms with Crippen LogP contribution in [0.2, 0.25) is 0 Å². The van der Waals surface area contributed by atoms with E-state index in [0.29, 0.717) is 5.56 Å². The Balaban J connectivity index is -0.000000154. The van der Waals surface area contributed by atoms with Gasteiger partial charge in [0.05, 0.1) is 12.0 Å². The molecule has 25 heavy (non-hydrogen) atoms. The van der Waals surface area contributed by atoms with E-state index in [1.807, 2.05) is 18.2 Å². The van der Waals surface area contributed by atoms with Crippen molar-refractivity contribution in [2.45, 2.75) is 43.6 Å². The molecular formula is C21H32O4. The Labute approximate surface area is 152 Å². The summed E-state index contributed by atoms with van der Waals surface area (Å²) in [6.07, 6.45) is 1.03. The minimum Gasteiger partial charge on any atom is -0.389 e. The molecule has 140 valence electrons. The van der Waals surface area contributed by atoms with Gasteiger partial charge in [0.15, 0.2) is 0 Å². The van der Waals surface area contributed by atoms with Gasteiger partial charge in [0.25, 0.3) is 0 Å². The van der Waals surface area contributed by atoms with E-state index >= 15 is 0 Å². The van der Waals surface area contributed by atoms with E-state index in [4.69, 9.17) is 0 Å². The number of rotatable bonds is 1. The van der Waals surface area contributed by atoms with E-state index < -0.39 is 11.9 Å². The molecule has 1 heterocycles. The predicted octanol–water partition coefficient (Wildman–Crippen LogP) is 5.61. The fourth-order valence-corrected chi connectivity index (χ4v) is 1.76. The molecule has 0 saturated carbocycles. The van der Waals surface area contributed by atoms with Gasteiger partial charge in [-0.1, -0.05) is 85.7 Å². The average Bonchev–Trinajstić information content (AvgIpc) is 2.48. The van der Waals surface area contributed by atoms with Crippen LogP contribution in [0.25, 0.3) is 0 Å². The van der Waals surface area contributed by atoms with Crippen LogP contribution in [-0.2, 0) is 16.0 Å². The molecule has 0 atom stereocenters. The molecule has 0 unspecified atom stereocenters. The maximum absolute atomic E-state index is 11.1. The van der Waals surface area contributed by atoms with Crippen LogP contribution >= 0.6 is 0 Å². The van der Waals surface area contributed by atoms with Crippen molar-refractivity contribution in [3.05, 3.63) is 71.3 Å². The largest absolute Gasteiger partial charge is 0.389 e. The average molecular weight is 348 g/mol. The Hall–Kier alpha value is -2.75. The Bertz CT molecular complexity index is 633. The topological polar surface area (TPSA) is 60.4 Å². The molecule has 0 aliphatic carbocycles. The van der Waals surface area contributed by atoms with Gasteiger partial charge < -0.3 is 4.74 Å². The molecule has 3 rings (SSSR count). The standard InChI is InChI=1S/C9H6O3.C7H6O.5CH4/c10-8-5-6-3-1-2-4-7(6)9(11)12-8;8-6-7-4-2-1-3-5-7;;;;;/h1-4H,5H2;1-6H;5*1H4. The Kier molecular flexibility index (Phi) is 17.9. The van der Waals surface area contributed by atoms with E-state index in [9.17, 15) is 14.4 Å². The minimum atomic E-state index is -0.540. The molecule has 0 fully saturated rings. The van der Waals surface area contributed by atoms with Gasteiger partial charge in [0.2, 0.25) is 0 Å². The normalized spacial score (nSPS) is 10.1. The first kappa shape index (κ1) is 30.2. The minimum absolute atomic E-state index is 0. The van der Waals surface area contributed by atoms with Crippen LogP contribution in [0.4, 0.5) is 0 Å². The fourth-order valence-electron chi connectivity index (χ4n) is 1.76. The van der Waals surface area contributed by atoms with Gasteiger partial charge in [-0.3, -0.25) is 9.59 Å². The summed E-state index contributed by atoms with van der Waals surface area (Å²) in [7, 11) is 0. The summed E-state index contributed by atoms with van der Waals surface area (Å²) in [6.45, 7) is 0. The van der Waals surface area contributed by atoms with Gasteiger partial charge >= 0.3 is 11.9 Å². The lowest BCUT2D eigenvalue weighted by Gasteiger charge is -2.12. The molecule has 4 heteroatoms. The van der Waals surface area contributed by atoms with E-state index in [0.717, 1.165) is 17.4 Å². The number of hydrogen-bond acceptors (Lipinski definition) is 4. The molecule has 4 nitrogen and oxygen atoms in total. The smallest absolute Gasteiger partial charge is 0.346 e. The molecule has 1 aliphatic heterocycles. The number of esters is 2. The quantitative estimate of drug-likeness (QED) is 0.382. The van der Waals surface area contributed by atoms with Crippen molar-refractivity contribution in [3.63, 3.8) is 0 Å². The summed E-state index contributed by atoms with van der Waals surface area (Å²) in [5.74, 6) is -1.01. The van der Waals surface area contributed by atoms with Crippen LogP contribution in [0.1, 0.15) is 63.4 Å². The lowest BCUT2D eigenvalue weighted by Crippen LogP contribution is -2.22. The van der Waals surface area contributed by atoms with Gasteiger partial charge in [-0.25, -0.2) is 4.79 Å². The highest BCUT2D eigenvalue weighted by molar-refractivity contribution is 6.02. The zero-order chi connectivity index (χ0) is 14.4. The lowest BCUT2D eigenvalue weighted by atomic mass is 10.0. The van der Waals surface area contributed by atoms with Crippen molar-refractivity contribution >= 4 is 18.2 Å². The second-order valence-corrected chi connectivity index (χ2v) is 4.12. The fraction of sp³-hybridized carbons (Fsp3) is 0.286. The number of carbonyl (C=O) groups is 3. The molecule has 0 bridgehead atoms. The van der Waals surface area contributed by atoms with Crippen LogP contribution in [-0.4, -0.2) is 18.2 Å². The molecule has 1 aliphatic rings. The number of fused-ring (bicyclic) bond motifs is 1. The first-order valence-corrected chi connectivity index (χ1v) is 6.04. The molecule has 0 aromatic heterocycles. The molecule has 0 saturated heterocycles. The monoisotopic (exact) mass is 348 g/mol. The summed E-state index contributed by atoms with van der Waals surface area (Å²) in [6, 6.07) is 16.1. The number of aldehydes is 1. The third kappa shape index (κ3) is 8.61. The van der Waals surface area contributed by atoms with Crippen molar-refractivity contribution in [3.8, 4) is 0 Å². The van der Waals surface area contributed by atoms with Gasteiger partial charge in [-0.15, -0.1) is 0 Å². The molecule has 0 spiro atoms. The first-order valence-electron chi connectivity index (χ1n) is 6.04. The van der Waals surface area contributed by atoms with Gasteiger partial charge in [0, 0.05) is 5.56 Å². The molecule has 0 radical (unpaired) electrons. The molecule has 2 aromatic carbocycles. The highest BCUT2D eigenvalue weighted by Crippen LogP contribution is 2.16. The maximum atomic E-state index is 11.1. The Morgan fingerprint density at radius 1 is 0.760 bits per heavy atom. The van der Waals surface area contributed by atoms with Gasteiger partial charge in [0.1, 0.15) is 6.29 Å². The SMILES string of the molecule is C.C.C.C.C.O=C1Cc2ccccc2C(=O)O1.O=Cc1ccccc1. The van der Waals surface area contributed by atoms with Gasteiger partial charge in [-0.2, -0.15) is 0 Å². The summed E-state index contributed by atoms with van der Waals surface area (Å²) < 4.78 is 4.43. The molecule has 2 aromatic rings. The van der Waals surface area contributed by atoms with Crippen LogP contribution in [0.3, 0.4) is 0 Å². The highest BCUT2D eigenvalue weighted by Gasteiger charge is 2.23. The zero-order valence-corrected chi connectivity index (χ0v) is 10.6. The number of benzene rings is 2.